The molecule has 1 rings (SSSR count). The molecule has 1 aromatic carbocycles. The number of nitrogens with one attached hydrogen (secondary N) is 1. The van der Waals surface area contributed by atoms with E-state index in [9.17, 15) is 13.6 Å². The highest BCUT2D eigenvalue weighted by atomic mass is 19.2. The molecule has 0 aromatic heterocycles. The molecule has 3 N–H and O–H groups in total. The van der Waals surface area contributed by atoms with Crippen LogP contribution in [0.15, 0.2) is 18.2 Å². The molecule has 0 saturated heterocycles. The van der Waals surface area contributed by atoms with Crippen molar-refractivity contribution in [1.29, 1.82) is 0 Å². The third-order valence-electron chi connectivity index (χ3n) is 2.17. The van der Waals surface area contributed by atoms with Gasteiger partial charge in [-0.15, -0.1) is 0 Å². The van der Waals surface area contributed by atoms with Gasteiger partial charge in [-0.25, -0.2) is 14.6 Å². The summed E-state index contributed by atoms with van der Waals surface area (Å²) in [5.74, 6) is 2.95. The second-order valence-corrected chi connectivity index (χ2v) is 3.61. The van der Waals surface area contributed by atoms with Gasteiger partial charge in [-0.05, 0) is 25.5 Å². The molecule has 17 heavy (non-hydrogen) atoms. The Hall–Kier alpha value is -1.69. The smallest absolute Gasteiger partial charge is 0.234 e. The van der Waals surface area contributed by atoms with Crippen molar-refractivity contribution in [3.05, 3.63) is 29.8 Å². The summed E-state index contributed by atoms with van der Waals surface area (Å²) in [5.41, 5.74) is 2.00. The molecule has 0 radical (unpaired) electrons. The van der Waals surface area contributed by atoms with E-state index in [-0.39, 0.29) is 24.2 Å². The van der Waals surface area contributed by atoms with E-state index in [0.29, 0.717) is 6.42 Å². The molecule has 0 aliphatic carbocycles. The molecule has 4 nitrogen and oxygen atoms in total. The molecule has 0 spiro atoms. The first kappa shape index (κ1) is 13.4. The fourth-order valence-electron chi connectivity index (χ4n) is 1.25. The summed E-state index contributed by atoms with van der Waals surface area (Å²) in [6.07, 6.45) is 0.348. The maximum absolute atomic E-state index is 12.9. The third kappa shape index (κ3) is 4.36. The van der Waals surface area contributed by atoms with E-state index in [0.717, 1.165) is 12.1 Å². The standard InChI is InChI=1S/C11H14F2N2O2/c1-7(2-5-11(16)15-14)17-8-3-4-9(12)10(13)6-8/h3-4,6-7H,2,5,14H2,1H3,(H,15,16). The fraction of sp³-hybridized carbons (Fsp3) is 0.364. The Morgan fingerprint density at radius 1 is 1.47 bits per heavy atom. The van der Waals surface area contributed by atoms with Crippen molar-refractivity contribution in [1.82, 2.24) is 5.43 Å². The number of halogens is 2. The van der Waals surface area contributed by atoms with Gasteiger partial charge in [0.2, 0.25) is 5.91 Å². The number of rotatable bonds is 5. The molecule has 94 valence electrons. The Kier molecular flexibility index (Phi) is 4.84. The fourth-order valence-corrected chi connectivity index (χ4v) is 1.25. The summed E-state index contributed by atoms with van der Waals surface area (Å²) >= 11 is 0. The van der Waals surface area contributed by atoms with E-state index < -0.39 is 11.6 Å². The number of benzene rings is 1. The van der Waals surface area contributed by atoms with Crippen LogP contribution in [0.3, 0.4) is 0 Å². The van der Waals surface area contributed by atoms with Gasteiger partial charge in [-0.2, -0.15) is 0 Å². The van der Waals surface area contributed by atoms with Crippen LogP contribution in [0.4, 0.5) is 8.78 Å². The summed E-state index contributed by atoms with van der Waals surface area (Å²) in [5, 5.41) is 0. The van der Waals surface area contributed by atoms with Gasteiger partial charge in [0.1, 0.15) is 5.75 Å². The van der Waals surface area contributed by atoms with Crippen molar-refractivity contribution >= 4 is 5.91 Å². The van der Waals surface area contributed by atoms with Gasteiger partial charge in [0, 0.05) is 12.5 Å². The van der Waals surface area contributed by atoms with E-state index in [1.54, 1.807) is 6.92 Å². The molecule has 0 heterocycles. The van der Waals surface area contributed by atoms with Gasteiger partial charge in [-0.3, -0.25) is 10.2 Å². The first-order valence-electron chi connectivity index (χ1n) is 5.14. The third-order valence-corrected chi connectivity index (χ3v) is 2.17. The van der Waals surface area contributed by atoms with E-state index >= 15 is 0 Å². The first-order chi connectivity index (χ1) is 8.02. The lowest BCUT2D eigenvalue weighted by molar-refractivity contribution is -0.121. The molecule has 1 aromatic rings. The summed E-state index contributed by atoms with van der Waals surface area (Å²) in [6, 6.07) is 3.29. The zero-order chi connectivity index (χ0) is 12.8. The van der Waals surface area contributed by atoms with Crippen LogP contribution in [0.5, 0.6) is 5.75 Å². The van der Waals surface area contributed by atoms with Crippen molar-refractivity contribution in [2.75, 3.05) is 0 Å². The van der Waals surface area contributed by atoms with Crippen molar-refractivity contribution < 1.29 is 18.3 Å². The minimum atomic E-state index is -0.964. The van der Waals surface area contributed by atoms with Crippen LogP contribution >= 0.6 is 0 Å². The lowest BCUT2D eigenvalue weighted by Gasteiger charge is -2.14. The molecule has 1 unspecified atom stereocenters. The molecule has 0 bridgehead atoms. The zero-order valence-corrected chi connectivity index (χ0v) is 9.37. The number of nitrogens with two attached hydrogens (primary N) is 1. The van der Waals surface area contributed by atoms with Crippen LogP contribution in [0.2, 0.25) is 0 Å². The first-order valence-corrected chi connectivity index (χ1v) is 5.14. The van der Waals surface area contributed by atoms with E-state index in [2.05, 4.69) is 0 Å². The number of ether oxygens (including phenoxy) is 1. The van der Waals surface area contributed by atoms with Gasteiger partial charge in [0.25, 0.3) is 0 Å². The second-order valence-electron chi connectivity index (χ2n) is 3.61. The lowest BCUT2D eigenvalue weighted by atomic mass is 10.2. The van der Waals surface area contributed by atoms with Crippen LogP contribution in [0.1, 0.15) is 19.8 Å². The monoisotopic (exact) mass is 244 g/mol. The number of hydrazine groups is 1. The number of hydrogen-bond donors (Lipinski definition) is 2. The number of carbonyl (C=O) groups excluding carboxylic acids is 1. The molecule has 1 atom stereocenters. The predicted molar refractivity (Wildman–Crippen MR) is 58.0 cm³/mol. The lowest BCUT2D eigenvalue weighted by Crippen LogP contribution is -2.30. The van der Waals surface area contributed by atoms with Gasteiger partial charge < -0.3 is 4.74 Å². The summed E-state index contributed by atoms with van der Waals surface area (Å²) in [4.78, 5) is 10.9. The van der Waals surface area contributed by atoms with E-state index in [4.69, 9.17) is 10.6 Å². The Bertz CT molecular complexity index is 399. The maximum Gasteiger partial charge on any atom is 0.234 e. The molecule has 1 amide bonds. The molecule has 0 aliphatic rings. The largest absolute Gasteiger partial charge is 0.491 e. The van der Waals surface area contributed by atoms with Gasteiger partial charge in [0.15, 0.2) is 11.6 Å². The molecular formula is C11H14F2N2O2. The molecule has 0 saturated carbocycles. The highest BCUT2D eigenvalue weighted by Gasteiger charge is 2.09. The highest BCUT2D eigenvalue weighted by Crippen LogP contribution is 2.17. The van der Waals surface area contributed by atoms with Crippen LogP contribution in [0, 0.1) is 11.6 Å². The summed E-state index contributed by atoms with van der Waals surface area (Å²) < 4.78 is 30.8. The van der Waals surface area contributed by atoms with Gasteiger partial charge in [0.05, 0.1) is 6.10 Å². The second kappa shape index (κ2) is 6.15. The SMILES string of the molecule is CC(CCC(=O)NN)Oc1ccc(F)c(F)c1. The molecule has 0 fully saturated rings. The molecular weight excluding hydrogens is 230 g/mol. The van der Waals surface area contributed by atoms with E-state index in [1.165, 1.54) is 6.07 Å². The summed E-state index contributed by atoms with van der Waals surface area (Å²) in [6.45, 7) is 1.73. The Morgan fingerprint density at radius 3 is 2.76 bits per heavy atom. The van der Waals surface area contributed by atoms with Crippen LogP contribution in [-0.2, 0) is 4.79 Å². The minimum absolute atomic E-state index is 0.210. The Morgan fingerprint density at radius 2 is 2.18 bits per heavy atom. The number of carbonyl (C=O) groups is 1. The zero-order valence-electron chi connectivity index (χ0n) is 9.37. The van der Waals surface area contributed by atoms with Crippen LogP contribution in [0.25, 0.3) is 0 Å². The highest BCUT2D eigenvalue weighted by molar-refractivity contribution is 5.75. The van der Waals surface area contributed by atoms with Gasteiger partial charge >= 0.3 is 0 Å². The topological polar surface area (TPSA) is 64.4 Å². The molecule has 0 aliphatic heterocycles. The summed E-state index contributed by atoms with van der Waals surface area (Å²) in [7, 11) is 0. The Labute approximate surface area is 97.7 Å². The maximum atomic E-state index is 12.9. The van der Waals surface area contributed by atoms with Crippen molar-refractivity contribution in [2.45, 2.75) is 25.9 Å². The van der Waals surface area contributed by atoms with Crippen LogP contribution in [-0.4, -0.2) is 12.0 Å². The van der Waals surface area contributed by atoms with Crippen LogP contribution < -0.4 is 16.0 Å². The number of hydrogen-bond acceptors (Lipinski definition) is 3. The average molecular weight is 244 g/mol. The minimum Gasteiger partial charge on any atom is -0.491 e. The van der Waals surface area contributed by atoms with Crippen molar-refractivity contribution in [3.8, 4) is 5.75 Å². The molecule has 6 heteroatoms. The normalized spacial score (nSPS) is 12.0. The Balaban J connectivity index is 2.47. The quantitative estimate of drug-likeness (QED) is 0.468. The average Bonchev–Trinajstić information content (AvgIpc) is 2.31. The number of amides is 1. The predicted octanol–water partition coefficient (Wildman–Crippen LogP) is 1.50. The van der Waals surface area contributed by atoms with Gasteiger partial charge in [-0.1, -0.05) is 0 Å². The van der Waals surface area contributed by atoms with E-state index in [1.807, 2.05) is 5.43 Å². The van der Waals surface area contributed by atoms with Crippen molar-refractivity contribution in [3.63, 3.8) is 0 Å². The van der Waals surface area contributed by atoms with Crippen molar-refractivity contribution in [2.24, 2.45) is 5.84 Å².